The van der Waals surface area contributed by atoms with E-state index in [-0.39, 0.29) is 5.91 Å². The van der Waals surface area contributed by atoms with Crippen LogP contribution in [0.15, 0.2) is 0 Å². The number of hydrogen-bond donors (Lipinski definition) is 1. The van der Waals surface area contributed by atoms with Crippen LogP contribution in [0.5, 0.6) is 0 Å². The molecular formula is C10H20N2O. The number of rotatable bonds is 4. The molecule has 76 valence electrons. The van der Waals surface area contributed by atoms with Gasteiger partial charge in [0.25, 0.3) is 0 Å². The standard InChI is InChI=1S/C10H20N2O/c1-3-6-12-7-5-9(8-12)11-10(13)4-2/h9H,3-8H2,1-2H3,(H,11,13). The second-order valence-corrected chi connectivity index (χ2v) is 3.71. The Morgan fingerprint density at radius 3 is 2.92 bits per heavy atom. The van der Waals surface area contributed by atoms with Gasteiger partial charge in [-0.1, -0.05) is 13.8 Å². The first-order valence-corrected chi connectivity index (χ1v) is 5.28. The summed E-state index contributed by atoms with van der Waals surface area (Å²) in [5.74, 6) is 0.184. The number of likely N-dealkylation sites (tertiary alicyclic amines) is 1. The molecular weight excluding hydrogens is 164 g/mol. The van der Waals surface area contributed by atoms with Crippen LogP contribution in [0.2, 0.25) is 0 Å². The monoisotopic (exact) mass is 184 g/mol. The number of nitrogens with one attached hydrogen (secondary N) is 1. The van der Waals surface area contributed by atoms with Crippen molar-refractivity contribution in [3.8, 4) is 0 Å². The van der Waals surface area contributed by atoms with E-state index < -0.39 is 0 Å². The number of nitrogens with zero attached hydrogens (tertiary/aromatic N) is 1. The van der Waals surface area contributed by atoms with Crippen molar-refractivity contribution in [1.29, 1.82) is 0 Å². The van der Waals surface area contributed by atoms with E-state index in [9.17, 15) is 4.79 Å². The van der Waals surface area contributed by atoms with Gasteiger partial charge in [0.05, 0.1) is 0 Å². The molecule has 1 unspecified atom stereocenters. The van der Waals surface area contributed by atoms with Crippen LogP contribution >= 0.6 is 0 Å². The fraction of sp³-hybridized carbons (Fsp3) is 0.900. The molecule has 0 bridgehead atoms. The smallest absolute Gasteiger partial charge is 0.219 e. The van der Waals surface area contributed by atoms with E-state index in [4.69, 9.17) is 0 Å². The highest BCUT2D eigenvalue weighted by Crippen LogP contribution is 2.09. The fourth-order valence-electron chi connectivity index (χ4n) is 1.80. The van der Waals surface area contributed by atoms with Gasteiger partial charge in [0.1, 0.15) is 0 Å². The van der Waals surface area contributed by atoms with E-state index in [1.807, 2.05) is 6.92 Å². The maximum absolute atomic E-state index is 11.1. The summed E-state index contributed by atoms with van der Waals surface area (Å²) in [6.07, 6.45) is 2.92. The lowest BCUT2D eigenvalue weighted by atomic mass is 10.2. The molecule has 0 saturated carbocycles. The van der Waals surface area contributed by atoms with Gasteiger partial charge < -0.3 is 10.2 Å². The Balaban J connectivity index is 2.20. The Kier molecular flexibility index (Phi) is 4.22. The van der Waals surface area contributed by atoms with E-state index >= 15 is 0 Å². The number of amides is 1. The Labute approximate surface area is 80.5 Å². The summed E-state index contributed by atoms with van der Waals surface area (Å²) >= 11 is 0. The van der Waals surface area contributed by atoms with Crippen LogP contribution in [0, 0.1) is 0 Å². The Morgan fingerprint density at radius 1 is 1.54 bits per heavy atom. The maximum atomic E-state index is 11.1. The van der Waals surface area contributed by atoms with Gasteiger partial charge in [-0.3, -0.25) is 4.79 Å². The number of carbonyl (C=O) groups is 1. The Bertz CT molecular complexity index is 170. The van der Waals surface area contributed by atoms with Gasteiger partial charge in [-0.25, -0.2) is 0 Å². The normalized spacial score (nSPS) is 23.4. The van der Waals surface area contributed by atoms with Crippen LogP contribution < -0.4 is 5.32 Å². The fourth-order valence-corrected chi connectivity index (χ4v) is 1.80. The zero-order valence-electron chi connectivity index (χ0n) is 8.68. The highest BCUT2D eigenvalue weighted by molar-refractivity contribution is 5.75. The van der Waals surface area contributed by atoms with Crippen LogP contribution in [0.1, 0.15) is 33.1 Å². The summed E-state index contributed by atoms with van der Waals surface area (Å²) in [5.41, 5.74) is 0. The first-order chi connectivity index (χ1) is 6.26. The molecule has 1 amide bonds. The Hall–Kier alpha value is -0.570. The molecule has 1 aliphatic heterocycles. The molecule has 3 heteroatoms. The van der Waals surface area contributed by atoms with Crippen molar-refractivity contribution in [2.24, 2.45) is 0 Å². The van der Waals surface area contributed by atoms with Crippen molar-refractivity contribution in [2.45, 2.75) is 39.2 Å². The lowest BCUT2D eigenvalue weighted by Gasteiger charge is -2.15. The van der Waals surface area contributed by atoms with Crippen LogP contribution in [-0.4, -0.2) is 36.5 Å². The quantitative estimate of drug-likeness (QED) is 0.707. The second-order valence-electron chi connectivity index (χ2n) is 3.71. The summed E-state index contributed by atoms with van der Waals surface area (Å²) in [6.45, 7) is 7.44. The van der Waals surface area contributed by atoms with E-state index in [0.29, 0.717) is 12.5 Å². The van der Waals surface area contributed by atoms with Crippen LogP contribution in [0.4, 0.5) is 0 Å². The lowest BCUT2D eigenvalue weighted by Crippen LogP contribution is -2.36. The van der Waals surface area contributed by atoms with Gasteiger partial charge >= 0.3 is 0 Å². The molecule has 0 aliphatic carbocycles. The highest BCUT2D eigenvalue weighted by Gasteiger charge is 2.22. The molecule has 0 aromatic carbocycles. The molecule has 0 spiro atoms. The molecule has 1 aliphatic rings. The zero-order chi connectivity index (χ0) is 9.68. The van der Waals surface area contributed by atoms with Gasteiger partial charge in [0, 0.05) is 25.6 Å². The summed E-state index contributed by atoms with van der Waals surface area (Å²) in [5, 5.41) is 3.04. The predicted octanol–water partition coefficient (Wildman–Crippen LogP) is 0.997. The number of hydrogen-bond acceptors (Lipinski definition) is 2. The zero-order valence-corrected chi connectivity index (χ0v) is 8.68. The minimum Gasteiger partial charge on any atom is -0.352 e. The molecule has 0 aromatic rings. The van der Waals surface area contributed by atoms with Crippen molar-refractivity contribution in [1.82, 2.24) is 10.2 Å². The molecule has 13 heavy (non-hydrogen) atoms. The molecule has 1 fully saturated rings. The van der Waals surface area contributed by atoms with Crippen molar-refractivity contribution in [3.05, 3.63) is 0 Å². The molecule has 1 rings (SSSR count). The molecule has 1 atom stereocenters. The molecule has 0 radical (unpaired) electrons. The summed E-state index contributed by atoms with van der Waals surface area (Å²) in [7, 11) is 0. The van der Waals surface area contributed by atoms with E-state index in [0.717, 1.165) is 19.5 Å². The van der Waals surface area contributed by atoms with Crippen LogP contribution in [0.25, 0.3) is 0 Å². The van der Waals surface area contributed by atoms with Crippen LogP contribution in [0.3, 0.4) is 0 Å². The highest BCUT2D eigenvalue weighted by atomic mass is 16.1. The lowest BCUT2D eigenvalue weighted by molar-refractivity contribution is -0.121. The van der Waals surface area contributed by atoms with E-state index in [2.05, 4.69) is 17.1 Å². The third kappa shape index (κ3) is 3.35. The molecule has 3 nitrogen and oxygen atoms in total. The maximum Gasteiger partial charge on any atom is 0.219 e. The first kappa shape index (κ1) is 10.5. The van der Waals surface area contributed by atoms with Crippen molar-refractivity contribution < 1.29 is 4.79 Å². The molecule has 1 N–H and O–H groups in total. The molecule has 1 saturated heterocycles. The van der Waals surface area contributed by atoms with Gasteiger partial charge in [-0.05, 0) is 19.4 Å². The van der Waals surface area contributed by atoms with Crippen molar-refractivity contribution in [3.63, 3.8) is 0 Å². The minimum atomic E-state index is 0.184. The topological polar surface area (TPSA) is 32.3 Å². The SMILES string of the molecule is CCCN1CCC(NC(=O)CC)C1. The predicted molar refractivity (Wildman–Crippen MR) is 53.6 cm³/mol. The van der Waals surface area contributed by atoms with E-state index in [1.165, 1.54) is 13.0 Å². The first-order valence-electron chi connectivity index (χ1n) is 5.28. The van der Waals surface area contributed by atoms with Crippen molar-refractivity contribution >= 4 is 5.91 Å². The third-order valence-corrected chi connectivity index (χ3v) is 2.50. The van der Waals surface area contributed by atoms with Gasteiger partial charge in [-0.15, -0.1) is 0 Å². The third-order valence-electron chi connectivity index (χ3n) is 2.50. The minimum absolute atomic E-state index is 0.184. The average Bonchev–Trinajstić information content (AvgIpc) is 2.53. The van der Waals surface area contributed by atoms with Crippen molar-refractivity contribution in [2.75, 3.05) is 19.6 Å². The van der Waals surface area contributed by atoms with Crippen LogP contribution in [-0.2, 0) is 4.79 Å². The molecule has 0 aromatic heterocycles. The second kappa shape index (κ2) is 5.22. The summed E-state index contributed by atoms with van der Waals surface area (Å²) in [6, 6.07) is 0.402. The molecule has 1 heterocycles. The average molecular weight is 184 g/mol. The summed E-state index contributed by atoms with van der Waals surface area (Å²) in [4.78, 5) is 13.5. The van der Waals surface area contributed by atoms with E-state index in [1.54, 1.807) is 0 Å². The largest absolute Gasteiger partial charge is 0.352 e. The number of carbonyl (C=O) groups excluding carboxylic acids is 1. The van der Waals surface area contributed by atoms with Gasteiger partial charge in [-0.2, -0.15) is 0 Å². The van der Waals surface area contributed by atoms with Gasteiger partial charge in [0.2, 0.25) is 5.91 Å². The summed E-state index contributed by atoms with van der Waals surface area (Å²) < 4.78 is 0. The Morgan fingerprint density at radius 2 is 2.31 bits per heavy atom. The van der Waals surface area contributed by atoms with Gasteiger partial charge in [0.15, 0.2) is 0 Å².